The van der Waals surface area contributed by atoms with Crippen molar-refractivity contribution in [2.24, 2.45) is 0 Å². The van der Waals surface area contributed by atoms with Gasteiger partial charge in [-0.15, -0.1) is 0 Å². The van der Waals surface area contributed by atoms with E-state index < -0.39 is 0 Å². The molecule has 0 aliphatic carbocycles. The molecule has 0 N–H and O–H groups in total. The maximum absolute atomic E-state index is 8.73. The van der Waals surface area contributed by atoms with Crippen molar-refractivity contribution in [1.29, 1.82) is 5.26 Å². The molecule has 2 aromatic heterocycles. The van der Waals surface area contributed by atoms with E-state index in [1.807, 2.05) is 25.1 Å². The molecule has 3 nitrogen and oxygen atoms in total. The number of aromatic nitrogens is 2. The number of rotatable bonds is 1. The van der Waals surface area contributed by atoms with Crippen molar-refractivity contribution < 1.29 is 0 Å². The summed E-state index contributed by atoms with van der Waals surface area (Å²) in [5, 5.41) is 8.95. The number of hydrogen-bond donors (Lipinski definition) is 0. The molecule has 4 heteroatoms. The second kappa shape index (κ2) is 4.30. The van der Waals surface area contributed by atoms with Gasteiger partial charge in [-0.05, 0) is 31.2 Å². The van der Waals surface area contributed by atoms with E-state index in [0.29, 0.717) is 5.56 Å². The van der Waals surface area contributed by atoms with Crippen LogP contribution in [0.5, 0.6) is 0 Å². The van der Waals surface area contributed by atoms with Gasteiger partial charge in [-0.25, -0.2) is 4.98 Å². The highest BCUT2D eigenvalue weighted by atomic mass is 35.5. The summed E-state index contributed by atoms with van der Waals surface area (Å²) in [5.41, 5.74) is 2.93. The van der Waals surface area contributed by atoms with Gasteiger partial charge < -0.3 is 0 Å². The van der Waals surface area contributed by atoms with Gasteiger partial charge in [0.25, 0.3) is 0 Å². The molecule has 0 radical (unpaired) electrons. The van der Waals surface area contributed by atoms with E-state index in [0.717, 1.165) is 17.0 Å². The quantitative estimate of drug-likeness (QED) is 0.707. The minimum Gasteiger partial charge on any atom is -0.261 e. The normalized spacial score (nSPS) is 9.81. The maximum Gasteiger partial charge on any atom is 0.147 e. The number of nitriles is 1. The van der Waals surface area contributed by atoms with Crippen LogP contribution in [0.1, 0.15) is 11.3 Å². The highest BCUT2D eigenvalue weighted by Crippen LogP contribution is 2.20. The summed E-state index contributed by atoms with van der Waals surface area (Å²) in [7, 11) is 0. The number of aryl methyl sites for hydroxylation is 1. The van der Waals surface area contributed by atoms with Gasteiger partial charge in [0, 0.05) is 17.5 Å². The number of halogens is 1. The van der Waals surface area contributed by atoms with E-state index in [4.69, 9.17) is 16.9 Å². The highest BCUT2D eigenvalue weighted by molar-refractivity contribution is 6.30. The van der Waals surface area contributed by atoms with Gasteiger partial charge in [0.05, 0.1) is 11.3 Å². The standard InChI is InChI=1S/C12H8ClN3/c1-8-2-3-10(7-15-8)11-5-4-9(6-14)12(13)16-11/h2-5,7H,1H3. The van der Waals surface area contributed by atoms with Crippen molar-refractivity contribution in [2.45, 2.75) is 6.92 Å². The van der Waals surface area contributed by atoms with E-state index in [2.05, 4.69) is 9.97 Å². The largest absolute Gasteiger partial charge is 0.261 e. The van der Waals surface area contributed by atoms with Crippen LogP contribution in [0.4, 0.5) is 0 Å². The fourth-order valence-electron chi connectivity index (χ4n) is 1.30. The molecule has 0 bridgehead atoms. The van der Waals surface area contributed by atoms with Gasteiger partial charge in [-0.2, -0.15) is 5.26 Å². The molecule has 0 atom stereocenters. The fourth-order valence-corrected chi connectivity index (χ4v) is 1.49. The molecule has 78 valence electrons. The Morgan fingerprint density at radius 2 is 2.06 bits per heavy atom. The molecule has 0 aliphatic rings. The van der Waals surface area contributed by atoms with Crippen molar-refractivity contribution in [1.82, 2.24) is 9.97 Å². The highest BCUT2D eigenvalue weighted by Gasteiger charge is 2.04. The first-order chi connectivity index (χ1) is 7.70. The number of pyridine rings is 2. The summed E-state index contributed by atoms with van der Waals surface area (Å²) < 4.78 is 0. The average molecular weight is 230 g/mol. The second-order valence-corrected chi connectivity index (χ2v) is 3.69. The van der Waals surface area contributed by atoms with Crippen molar-refractivity contribution in [2.75, 3.05) is 0 Å². The van der Waals surface area contributed by atoms with Crippen LogP contribution in [0.3, 0.4) is 0 Å². The molecule has 0 aromatic carbocycles. The second-order valence-electron chi connectivity index (χ2n) is 3.33. The first-order valence-electron chi connectivity index (χ1n) is 4.70. The third kappa shape index (κ3) is 2.02. The number of nitrogens with zero attached hydrogens (tertiary/aromatic N) is 3. The van der Waals surface area contributed by atoms with Gasteiger partial charge in [-0.1, -0.05) is 11.6 Å². The molecule has 0 unspecified atom stereocenters. The summed E-state index contributed by atoms with van der Waals surface area (Å²) in [5.74, 6) is 0. The van der Waals surface area contributed by atoms with Gasteiger partial charge in [-0.3, -0.25) is 4.98 Å². The Morgan fingerprint density at radius 1 is 1.25 bits per heavy atom. The zero-order chi connectivity index (χ0) is 11.5. The summed E-state index contributed by atoms with van der Waals surface area (Å²) >= 11 is 5.86. The molecule has 0 amide bonds. The van der Waals surface area contributed by atoms with E-state index in [1.54, 1.807) is 18.3 Å². The summed E-state index contributed by atoms with van der Waals surface area (Å²) in [6.07, 6.45) is 1.74. The Bertz CT molecular complexity index is 555. The van der Waals surface area contributed by atoms with Gasteiger partial charge in [0.2, 0.25) is 0 Å². The minimum atomic E-state index is 0.223. The molecule has 0 spiro atoms. The van der Waals surface area contributed by atoms with Crippen molar-refractivity contribution >= 4 is 11.6 Å². The number of hydrogen-bond acceptors (Lipinski definition) is 3. The Balaban J connectivity index is 2.46. The Labute approximate surface area is 98.4 Å². The first kappa shape index (κ1) is 10.6. The van der Waals surface area contributed by atoms with Crippen LogP contribution in [-0.4, -0.2) is 9.97 Å². The van der Waals surface area contributed by atoms with Crippen LogP contribution in [0, 0.1) is 18.3 Å². The minimum absolute atomic E-state index is 0.223. The lowest BCUT2D eigenvalue weighted by Crippen LogP contribution is -1.89. The Kier molecular flexibility index (Phi) is 2.84. The third-order valence-electron chi connectivity index (χ3n) is 2.18. The van der Waals surface area contributed by atoms with Crippen molar-refractivity contribution in [3.8, 4) is 17.3 Å². The molecular weight excluding hydrogens is 222 g/mol. The predicted molar refractivity (Wildman–Crippen MR) is 61.9 cm³/mol. The van der Waals surface area contributed by atoms with E-state index in [-0.39, 0.29) is 5.15 Å². The molecule has 0 aliphatic heterocycles. The van der Waals surface area contributed by atoms with Gasteiger partial charge in [0.1, 0.15) is 11.2 Å². The maximum atomic E-state index is 8.73. The third-order valence-corrected chi connectivity index (χ3v) is 2.46. The zero-order valence-electron chi connectivity index (χ0n) is 8.61. The van der Waals surface area contributed by atoms with Crippen molar-refractivity contribution in [3.63, 3.8) is 0 Å². The first-order valence-corrected chi connectivity index (χ1v) is 5.08. The molecule has 2 rings (SSSR count). The molecular formula is C12H8ClN3. The van der Waals surface area contributed by atoms with E-state index in [9.17, 15) is 0 Å². The molecule has 2 aromatic rings. The van der Waals surface area contributed by atoms with Crippen LogP contribution >= 0.6 is 11.6 Å². The Morgan fingerprint density at radius 3 is 2.62 bits per heavy atom. The molecule has 0 saturated heterocycles. The van der Waals surface area contributed by atoms with E-state index >= 15 is 0 Å². The Hall–Kier alpha value is -1.92. The fraction of sp³-hybridized carbons (Fsp3) is 0.0833. The van der Waals surface area contributed by atoms with Crippen LogP contribution < -0.4 is 0 Å². The lowest BCUT2D eigenvalue weighted by Gasteiger charge is -2.02. The monoisotopic (exact) mass is 229 g/mol. The molecule has 2 heterocycles. The van der Waals surface area contributed by atoms with Crippen LogP contribution in [0.15, 0.2) is 30.5 Å². The lowest BCUT2D eigenvalue weighted by molar-refractivity contribution is 1.19. The van der Waals surface area contributed by atoms with E-state index in [1.165, 1.54) is 0 Å². The molecule has 0 saturated carbocycles. The zero-order valence-corrected chi connectivity index (χ0v) is 9.36. The summed E-state index contributed by atoms with van der Waals surface area (Å²) in [4.78, 5) is 8.33. The molecule has 0 fully saturated rings. The molecule has 16 heavy (non-hydrogen) atoms. The van der Waals surface area contributed by atoms with Crippen LogP contribution in [-0.2, 0) is 0 Å². The SMILES string of the molecule is Cc1ccc(-c2ccc(C#N)c(Cl)n2)cn1. The van der Waals surface area contributed by atoms with Crippen LogP contribution in [0.25, 0.3) is 11.3 Å². The van der Waals surface area contributed by atoms with Crippen LogP contribution in [0.2, 0.25) is 5.15 Å². The van der Waals surface area contributed by atoms with Crippen molar-refractivity contribution in [3.05, 3.63) is 46.9 Å². The summed E-state index contributed by atoms with van der Waals surface area (Å²) in [6, 6.07) is 9.22. The topological polar surface area (TPSA) is 49.6 Å². The van der Waals surface area contributed by atoms with Gasteiger partial charge >= 0.3 is 0 Å². The summed E-state index contributed by atoms with van der Waals surface area (Å²) in [6.45, 7) is 1.92. The predicted octanol–water partition coefficient (Wildman–Crippen LogP) is 2.98. The lowest BCUT2D eigenvalue weighted by atomic mass is 10.1. The average Bonchev–Trinajstić information content (AvgIpc) is 2.30. The van der Waals surface area contributed by atoms with Gasteiger partial charge in [0.15, 0.2) is 0 Å². The smallest absolute Gasteiger partial charge is 0.147 e.